The van der Waals surface area contributed by atoms with Crippen molar-refractivity contribution in [1.29, 1.82) is 0 Å². The molecule has 4 rings (SSSR count). The molecule has 0 radical (unpaired) electrons. The van der Waals surface area contributed by atoms with E-state index in [0.29, 0.717) is 24.0 Å². The molecule has 0 bridgehead atoms. The number of ketones is 1. The Labute approximate surface area is 205 Å². The molecule has 34 heavy (non-hydrogen) atoms. The normalized spacial score (nSPS) is 37.2. The summed E-state index contributed by atoms with van der Waals surface area (Å²) in [5.41, 5.74) is 1.51. The van der Waals surface area contributed by atoms with Crippen LogP contribution in [0.1, 0.15) is 90.4 Å². The summed E-state index contributed by atoms with van der Waals surface area (Å²) >= 11 is 0. The third-order valence-electron chi connectivity index (χ3n) is 8.70. The van der Waals surface area contributed by atoms with Gasteiger partial charge in [-0.25, -0.2) is 0 Å². The molecule has 1 heterocycles. The summed E-state index contributed by atoms with van der Waals surface area (Å²) in [6.45, 7) is 3.09. The maximum atomic E-state index is 13.0. The Morgan fingerprint density at radius 3 is 2.65 bits per heavy atom. The summed E-state index contributed by atoms with van der Waals surface area (Å²) in [7, 11) is 1.45. The molecule has 3 aliphatic carbocycles. The second-order valence-electron chi connectivity index (χ2n) is 11.2. The van der Waals surface area contributed by atoms with E-state index in [2.05, 4.69) is 19.1 Å². The SMILES string of the molecule is COC(=O)CCCC=C1C[C@@H]2C[C@@H](OC3CCCCO3)[C@H](C=CC(=O)C3CCC(C)CC3)[C@H]2C1. The lowest BCUT2D eigenvalue weighted by molar-refractivity contribution is -0.193. The summed E-state index contributed by atoms with van der Waals surface area (Å²) in [4.78, 5) is 24.3. The fourth-order valence-corrected chi connectivity index (χ4v) is 6.61. The van der Waals surface area contributed by atoms with Crippen molar-refractivity contribution < 1.29 is 23.8 Å². The monoisotopic (exact) mass is 472 g/mol. The summed E-state index contributed by atoms with van der Waals surface area (Å²) in [5.74, 6) is 2.58. The maximum Gasteiger partial charge on any atom is 0.305 e. The zero-order chi connectivity index (χ0) is 23.9. The van der Waals surface area contributed by atoms with E-state index in [0.717, 1.165) is 70.3 Å². The molecule has 190 valence electrons. The lowest BCUT2D eigenvalue weighted by Gasteiger charge is -2.29. The van der Waals surface area contributed by atoms with E-state index < -0.39 is 0 Å². The molecular weight excluding hydrogens is 428 g/mol. The number of fused-ring (bicyclic) bond motifs is 1. The van der Waals surface area contributed by atoms with Gasteiger partial charge < -0.3 is 14.2 Å². The molecule has 3 saturated carbocycles. The van der Waals surface area contributed by atoms with Crippen LogP contribution in [0.4, 0.5) is 0 Å². The smallest absolute Gasteiger partial charge is 0.305 e. The fourth-order valence-electron chi connectivity index (χ4n) is 6.61. The molecule has 0 aromatic heterocycles. The molecule has 0 aromatic carbocycles. The molecule has 1 saturated heterocycles. The first-order valence-corrected chi connectivity index (χ1v) is 13.8. The zero-order valence-corrected chi connectivity index (χ0v) is 21.2. The van der Waals surface area contributed by atoms with E-state index in [1.54, 1.807) is 0 Å². The average molecular weight is 473 g/mol. The van der Waals surface area contributed by atoms with Crippen LogP contribution in [-0.2, 0) is 23.8 Å². The molecule has 5 atom stereocenters. The van der Waals surface area contributed by atoms with E-state index in [1.165, 1.54) is 31.9 Å². The third kappa shape index (κ3) is 6.81. The van der Waals surface area contributed by atoms with Gasteiger partial charge in [-0.2, -0.15) is 0 Å². The minimum absolute atomic E-state index is 0.0858. The Morgan fingerprint density at radius 2 is 1.91 bits per heavy atom. The van der Waals surface area contributed by atoms with Gasteiger partial charge in [-0.05, 0) is 88.0 Å². The van der Waals surface area contributed by atoms with Gasteiger partial charge in [0.2, 0.25) is 0 Å². The van der Waals surface area contributed by atoms with Crippen LogP contribution in [-0.4, -0.2) is 37.9 Å². The first kappa shape index (κ1) is 25.6. The first-order valence-electron chi connectivity index (χ1n) is 13.8. The number of carbonyl (C=O) groups is 2. The van der Waals surface area contributed by atoms with Crippen LogP contribution in [0.15, 0.2) is 23.8 Å². The van der Waals surface area contributed by atoms with Crippen molar-refractivity contribution in [3.63, 3.8) is 0 Å². The summed E-state index contributed by atoms with van der Waals surface area (Å²) < 4.78 is 17.2. The molecule has 5 heteroatoms. The summed E-state index contributed by atoms with van der Waals surface area (Å²) in [6.07, 6.45) is 19.7. The van der Waals surface area contributed by atoms with Gasteiger partial charge in [0.25, 0.3) is 0 Å². The lowest BCUT2D eigenvalue weighted by Crippen LogP contribution is -2.31. The Kier molecular flexibility index (Phi) is 9.41. The predicted molar refractivity (Wildman–Crippen MR) is 132 cm³/mol. The molecule has 0 spiro atoms. The summed E-state index contributed by atoms with van der Waals surface area (Å²) in [6, 6.07) is 0. The number of esters is 1. The Bertz CT molecular complexity index is 742. The van der Waals surface area contributed by atoms with Crippen molar-refractivity contribution >= 4 is 11.8 Å². The summed E-state index contributed by atoms with van der Waals surface area (Å²) in [5, 5.41) is 0. The van der Waals surface area contributed by atoms with Gasteiger partial charge in [0, 0.05) is 24.9 Å². The zero-order valence-electron chi connectivity index (χ0n) is 21.2. The van der Waals surface area contributed by atoms with Gasteiger partial charge in [0.15, 0.2) is 12.1 Å². The molecular formula is C29H44O5. The van der Waals surface area contributed by atoms with Crippen LogP contribution in [0.5, 0.6) is 0 Å². The van der Waals surface area contributed by atoms with Crippen molar-refractivity contribution in [1.82, 2.24) is 0 Å². The number of rotatable bonds is 9. The van der Waals surface area contributed by atoms with Gasteiger partial charge in [-0.3, -0.25) is 9.59 Å². The number of unbranched alkanes of at least 4 members (excludes halogenated alkanes) is 1. The van der Waals surface area contributed by atoms with Crippen LogP contribution in [0.2, 0.25) is 0 Å². The highest BCUT2D eigenvalue weighted by molar-refractivity contribution is 5.91. The van der Waals surface area contributed by atoms with Crippen molar-refractivity contribution in [3.8, 4) is 0 Å². The molecule has 0 amide bonds. The largest absolute Gasteiger partial charge is 0.469 e. The molecule has 0 aromatic rings. The Morgan fingerprint density at radius 1 is 1.09 bits per heavy atom. The quantitative estimate of drug-likeness (QED) is 0.174. The molecule has 1 aliphatic heterocycles. The second-order valence-corrected chi connectivity index (χ2v) is 11.2. The van der Waals surface area contributed by atoms with Gasteiger partial charge in [0.05, 0.1) is 13.2 Å². The first-order chi connectivity index (χ1) is 16.5. The number of hydrogen-bond donors (Lipinski definition) is 0. The molecule has 5 nitrogen and oxygen atoms in total. The number of ether oxygens (including phenoxy) is 3. The van der Waals surface area contributed by atoms with Crippen molar-refractivity contribution in [2.24, 2.45) is 29.6 Å². The predicted octanol–water partition coefficient (Wildman–Crippen LogP) is 6.17. The number of hydrogen-bond acceptors (Lipinski definition) is 5. The van der Waals surface area contributed by atoms with Crippen molar-refractivity contribution in [2.75, 3.05) is 13.7 Å². The number of carbonyl (C=O) groups excluding carboxylic acids is 2. The van der Waals surface area contributed by atoms with Crippen LogP contribution >= 0.6 is 0 Å². The van der Waals surface area contributed by atoms with E-state index in [-0.39, 0.29) is 30.2 Å². The Hall–Kier alpha value is -1.46. The van der Waals surface area contributed by atoms with E-state index >= 15 is 0 Å². The van der Waals surface area contributed by atoms with Gasteiger partial charge in [0.1, 0.15) is 0 Å². The molecule has 4 fully saturated rings. The maximum absolute atomic E-state index is 13.0. The van der Waals surface area contributed by atoms with Crippen LogP contribution in [0.3, 0.4) is 0 Å². The van der Waals surface area contributed by atoms with Crippen LogP contribution in [0, 0.1) is 29.6 Å². The molecule has 0 N–H and O–H groups in total. The minimum Gasteiger partial charge on any atom is -0.469 e. The second kappa shape index (κ2) is 12.5. The van der Waals surface area contributed by atoms with Crippen molar-refractivity contribution in [3.05, 3.63) is 23.8 Å². The van der Waals surface area contributed by atoms with E-state index in [9.17, 15) is 9.59 Å². The average Bonchev–Trinajstić information content (AvgIpc) is 3.38. The van der Waals surface area contributed by atoms with Crippen molar-refractivity contribution in [2.45, 2.75) is 103 Å². The minimum atomic E-state index is -0.131. The standard InChI is InChI=1S/C29H44O5/c1-20-10-12-22(13-11-20)26(30)15-14-24-25-18-21(7-3-4-8-28(31)32-2)17-23(25)19-27(24)34-29-9-5-6-16-33-29/h7,14-15,20,22-25,27,29H,3-6,8-13,16-19H2,1-2H3/t20?,22?,23-,24-,25+,27-,29?/m1/s1. The third-order valence-corrected chi connectivity index (χ3v) is 8.70. The molecule has 1 unspecified atom stereocenters. The van der Waals surface area contributed by atoms with E-state index in [1.807, 2.05) is 6.08 Å². The highest BCUT2D eigenvalue weighted by Gasteiger charge is 2.47. The van der Waals surface area contributed by atoms with Crippen LogP contribution in [0.25, 0.3) is 0 Å². The highest BCUT2D eigenvalue weighted by Crippen LogP contribution is 2.52. The van der Waals surface area contributed by atoms with Gasteiger partial charge in [-0.15, -0.1) is 0 Å². The molecule has 4 aliphatic rings. The number of methoxy groups -OCH3 is 1. The fraction of sp³-hybridized carbons (Fsp3) is 0.793. The lowest BCUT2D eigenvalue weighted by atomic mass is 9.80. The van der Waals surface area contributed by atoms with Crippen LogP contribution < -0.4 is 0 Å². The van der Waals surface area contributed by atoms with Gasteiger partial charge in [-0.1, -0.05) is 37.5 Å². The Balaban J connectivity index is 1.38. The highest BCUT2D eigenvalue weighted by atomic mass is 16.7. The van der Waals surface area contributed by atoms with E-state index in [4.69, 9.17) is 14.2 Å². The van der Waals surface area contributed by atoms with Gasteiger partial charge >= 0.3 is 5.97 Å². The number of allylic oxidation sites excluding steroid dienone is 3. The topological polar surface area (TPSA) is 61.8 Å².